The number of nitrogens with one attached hydrogen (secondary N) is 1. The molecule has 0 bridgehead atoms. The van der Waals surface area contributed by atoms with E-state index in [1.54, 1.807) is 20.8 Å². The van der Waals surface area contributed by atoms with Crippen molar-refractivity contribution < 1.29 is 18.7 Å². The van der Waals surface area contributed by atoms with Crippen LogP contribution in [-0.2, 0) is 11.2 Å². The van der Waals surface area contributed by atoms with E-state index in [-0.39, 0.29) is 24.2 Å². The quantitative estimate of drug-likeness (QED) is 0.825. The summed E-state index contributed by atoms with van der Waals surface area (Å²) in [6.45, 7) is 5.56. The first kappa shape index (κ1) is 18.4. The van der Waals surface area contributed by atoms with Crippen LogP contribution in [0.5, 0.6) is 0 Å². The van der Waals surface area contributed by atoms with Gasteiger partial charge in [-0.05, 0) is 32.8 Å². The lowest BCUT2D eigenvalue weighted by molar-refractivity contribution is 0.0522. The van der Waals surface area contributed by atoms with Crippen molar-refractivity contribution >= 4 is 12.0 Å². The molecule has 0 aliphatic carbocycles. The molecular weight excluding hydrogens is 324 g/mol. The van der Waals surface area contributed by atoms with Crippen LogP contribution in [0, 0.1) is 0 Å². The zero-order valence-electron chi connectivity index (χ0n) is 14.5. The number of nitrogens with zero attached hydrogens (tertiary/aromatic N) is 2. The molecule has 2 rings (SSSR count). The summed E-state index contributed by atoms with van der Waals surface area (Å²) in [7, 11) is 0. The second kappa shape index (κ2) is 7.78. The van der Waals surface area contributed by atoms with Gasteiger partial charge in [0.25, 0.3) is 0 Å². The van der Waals surface area contributed by atoms with Gasteiger partial charge in [-0.1, -0.05) is 30.3 Å². The highest BCUT2D eigenvalue weighted by Crippen LogP contribution is 2.20. The second-order valence-corrected chi connectivity index (χ2v) is 6.58. The average molecular weight is 346 g/mol. The molecule has 25 heavy (non-hydrogen) atoms. The van der Waals surface area contributed by atoms with Gasteiger partial charge < -0.3 is 20.2 Å². The third-order valence-electron chi connectivity index (χ3n) is 3.22. The fraction of sp³-hybridized carbons (Fsp3) is 0.412. The van der Waals surface area contributed by atoms with E-state index in [0.717, 1.165) is 5.56 Å². The number of benzene rings is 1. The number of carbonyl (C=O) groups excluding carboxylic acids is 2. The summed E-state index contributed by atoms with van der Waals surface area (Å²) in [5.74, 6) is -1.15. The minimum Gasteiger partial charge on any atom is -0.444 e. The Kier molecular flexibility index (Phi) is 5.74. The Balaban J connectivity index is 2.11. The molecule has 3 N–H and O–H groups in total. The molecule has 0 radical (unpaired) electrons. The molecule has 0 aliphatic heterocycles. The predicted molar refractivity (Wildman–Crippen MR) is 89.9 cm³/mol. The lowest BCUT2D eigenvalue weighted by atomic mass is 9.99. The monoisotopic (exact) mass is 346 g/mol. The first-order chi connectivity index (χ1) is 11.7. The summed E-state index contributed by atoms with van der Waals surface area (Å²) in [6, 6.07) is 9.64. The molecule has 0 unspecified atom stereocenters. The van der Waals surface area contributed by atoms with Crippen molar-refractivity contribution in [1.82, 2.24) is 15.5 Å². The Hall–Kier alpha value is -2.90. The molecule has 0 fully saturated rings. The largest absolute Gasteiger partial charge is 0.444 e. The van der Waals surface area contributed by atoms with E-state index in [1.165, 1.54) is 0 Å². The minimum atomic E-state index is -0.794. The molecule has 1 aromatic heterocycles. The summed E-state index contributed by atoms with van der Waals surface area (Å²) in [6.07, 6.45) is -0.00276. The molecule has 134 valence electrons. The second-order valence-electron chi connectivity index (χ2n) is 6.58. The highest BCUT2D eigenvalue weighted by Gasteiger charge is 2.23. The van der Waals surface area contributed by atoms with Crippen molar-refractivity contribution in [1.29, 1.82) is 0 Å². The zero-order chi connectivity index (χ0) is 18.4. The van der Waals surface area contributed by atoms with Crippen molar-refractivity contribution in [3.63, 3.8) is 0 Å². The molecule has 8 heteroatoms. The van der Waals surface area contributed by atoms with Gasteiger partial charge >= 0.3 is 17.9 Å². The summed E-state index contributed by atoms with van der Waals surface area (Å²) in [5.41, 5.74) is 5.58. The number of nitrogens with two attached hydrogens (primary N) is 1. The van der Waals surface area contributed by atoms with Gasteiger partial charge in [0.1, 0.15) is 5.60 Å². The predicted octanol–water partition coefficient (Wildman–Crippen LogP) is 2.02. The smallest absolute Gasteiger partial charge is 0.407 e. The molecule has 0 spiro atoms. The zero-order valence-corrected chi connectivity index (χ0v) is 14.5. The number of ether oxygens (including phenoxy) is 1. The molecule has 1 aromatic carbocycles. The fourth-order valence-electron chi connectivity index (χ4n) is 2.17. The molecular formula is C17H22N4O4. The molecule has 1 atom stereocenters. The van der Waals surface area contributed by atoms with Crippen LogP contribution >= 0.6 is 0 Å². The van der Waals surface area contributed by atoms with Crippen molar-refractivity contribution in [2.75, 3.05) is 6.54 Å². The van der Waals surface area contributed by atoms with E-state index >= 15 is 0 Å². The molecule has 8 nitrogen and oxygen atoms in total. The van der Waals surface area contributed by atoms with E-state index in [0.29, 0.717) is 6.42 Å². The van der Waals surface area contributed by atoms with Crippen molar-refractivity contribution in [2.45, 2.75) is 38.7 Å². The lowest BCUT2D eigenvalue weighted by Crippen LogP contribution is -2.35. The number of aromatic nitrogens is 2. The third-order valence-corrected chi connectivity index (χ3v) is 3.22. The highest BCUT2D eigenvalue weighted by molar-refractivity contribution is 5.87. The van der Waals surface area contributed by atoms with Crippen LogP contribution in [0.15, 0.2) is 34.7 Å². The van der Waals surface area contributed by atoms with Gasteiger partial charge in [0.15, 0.2) is 0 Å². The van der Waals surface area contributed by atoms with Gasteiger partial charge in [0.05, 0.1) is 5.92 Å². The average Bonchev–Trinajstić information content (AvgIpc) is 3.01. The number of hydrogen-bond acceptors (Lipinski definition) is 6. The van der Waals surface area contributed by atoms with E-state index in [1.807, 2.05) is 30.3 Å². The Morgan fingerprint density at radius 2 is 1.92 bits per heavy atom. The number of rotatable bonds is 6. The number of alkyl carbamates (subject to hydrolysis) is 1. The van der Waals surface area contributed by atoms with E-state index in [9.17, 15) is 9.59 Å². The van der Waals surface area contributed by atoms with Crippen LogP contribution in [0.4, 0.5) is 4.79 Å². The van der Waals surface area contributed by atoms with Crippen molar-refractivity contribution in [3.05, 3.63) is 47.7 Å². The van der Waals surface area contributed by atoms with Gasteiger partial charge in [-0.2, -0.15) is 0 Å². The Morgan fingerprint density at radius 3 is 2.48 bits per heavy atom. The summed E-state index contributed by atoms with van der Waals surface area (Å²) < 4.78 is 10.6. The number of hydrogen-bond donors (Lipinski definition) is 2. The van der Waals surface area contributed by atoms with Gasteiger partial charge in [0, 0.05) is 6.54 Å². The maximum atomic E-state index is 11.9. The number of primary amides is 1. The number of carbonyl (C=O) groups is 2. The van der Waals surface area contributed by atoms with Crippen LogP contribution in [0.3, 0.4) is 0 Å². The molecule has 1 heterocycles. The van der Waals surface area contributed by atoms with Crippen LogP contribution in [0.2, 0.25) is 0 Å². The summed E-state index contributed by atoms with van der Waals surface area (Å²) >= 11 is 0. The first-order valence-corrected chi connectivity index (χ1v) is 7.88. The Morgan fingerprint density at radius 1 is 1.24 bits per heavy atom. The Labute approximate surface area is 145 Å². The van der Waals surface area contributed by atoms with E-state index < -0.39 is 17.6 Å². The first-order valence-electron chi connectivity index (χ1n) is 7.88. The standard InChI is InChI=1S/C17H22N4O4/c1-17(2,3)25-16(23)19-10-12(9-11-7-5-4-6-8-11)14-20-21-15(24-14)13(18)22/h4-8,12H,9-10H2,1-3H3,(H2,18,22)(H,19,23)/t12-/m1/s1. The van der Waals surface area contributed by atoms with Gasteiger partial charge in [-0.25, -0.2) is 4.79 Å². The van der Waals surface area contributed by atoms with Crippen LogP contribution in [-0.4, -0.2) is 34.3 Å². The Bertz CT molecular complexity index is 722. The van der Waals surface area contributed by atoms with Crippen molar-refractivity contribution in [2.24, 2.45) is 5.73 Å². The SMILES string of the molecule is CC(C)(C)OC(=O)NC[C@@H](Cc1ccccc1)c1nnc(C(N)=O)o1. The molecule has 0 saturated heterocycles. The fourth-order valence-corrected chi connectivity index (χ4v) is 2.17. The van der Waals surface area contributed by atoms with Crippen LogP contribution in [0.25, 0.3) is 0 Å². The summed E-state index contributed by atoms with van der Waals surface area (Å²) in [5, 5.41) is 10.2. The number of amides is 2. The molecule has 0 saturated carbocycles. The normalized spacial score (nSPS) is 12.4. The van der Waals surface area contributed by atoms with Crippen LogP contribution in [0.1, 0.15) is 48.8 Å². The minimum absolute atomic E-state index is 0.213. The highest BCUT2D eigenvalue weighted by atomic mass is 16.6. The van der Waals surface area contributed by atoms with Gasteiger partial charge in [-0.15, -0.1) is 10.2 Å². The van der Waals surface area contributed by atoms with Crippen LogP contribution < -0.4 is 11.1 Å². The molecule has 2 amide bonds. The molecule has 2 aromatic rings. The lowest BCUT2D eigenvalue weighted by Gasteiger charge is -2.21. The van der Waals surface area contributed by atoms with Gasteiger partial charge in [-0.3, -0.25) is 4.79 Å². The maximum absolute atomic E-state index is 11.9. The van der Waals surface area contributed by atoms with Crippen molar-refractivity contribution in [3.8, 4) is 0 Å². The maximum Gasteiger partial charge on any atom is 0.407 e. The molecule has 0 aliphatic rings. The summed E-state index contributed by atoms with van der Waals surface area (Å²) in [4.78, 5) is 23.0. The van der Waals surface area contributed by atoms with Gasteiger partial charge in [0.2, 0.25) is 5.89 Å². The third kappa shape index (κ3) is 5.91. The van der Waals surface area contributed by atoms with E-state index in [4.69, 9.17) is 14.9 Å². The topological polar surface area (TPSA) is 120 Å². The van der Waals surface area contributed by atoms with E-state index in [2.05, 4.69) is 15.5 Å².